The molecule has 4 heteroatoms. The van der Waals surface area contributed by atoms with Crippen molar-refractivity contribution in [1.29, 1.82) is 0 Å². The van der Waals surface area contributed by atoms with Crippen molar-refractivity contribution in [2.75, 3.05) is 0 Å². The van der Waals surface area contributed by atoms with Crippen molar-refractivity contribution >= 4 is 6.21 Å². The van der Waals surface area contributed by atoms with Gasteiger partial charge in [-0.15, -0.1) is 10.2 Å². The average Bonchev–Trinajstić information content (AvgIpc) is 2.41. The Morgan fingerprint density at radius 1 is 1.50 bits per heavy atom. The first-order chi connectivity index (χ1) is 4.93. The van der Waals surface area contributed by atoms with Gasteiger partial charge < -0.3 is 0 Å². The Morgan fingerprint density at radius 2 is 2.20 bits per heavy atom. The van der Waals surface area contributed by atoms with Crippen molar-refractivity contribution in [2.45, 2.75) is 19.8 Å². The lowest BCUT2D eigenvalue weighted by Crippen LogP contribution is -1.83. The highest BCUT2D eigenvalue weighted by molar-refractivity contribution is 5.56. The summed E-state index contributed by atoms with van der Waals surface area (Å²) in [5.41, 5.74) is 0. The smallest absolute Gasteiger partial charge is 0.141 e. The third-order valence-corrected chi connectivity index (χ3v) is 1.04. The van der Waals surface area contributed by atoms with E-state index in [4.69, 9.17) is 0 Å². The van der Waals surface area contributed by atoms with E-state index in [-0.39, 0.29) is 0 Å². The molecule has 1 heterocycles. The fourth-order valence-corrected chi connectivity index (χ4v) is 0.536. The summed E-state index contributed by atoms with van der Waals surface area (Å²) in [7, 11) is 0. The molecule has 1 aromatic heterocycles. The monoisotopic (exact) mass is 138 g/mol. The fourth-order valence-electron chi connectivity index (χ4n) is 0.536. The van der Waals surface area contributed by atoms with Crippen LogP contribution in [0.1, 0.15) is 19.8 Å². The molecule has 0 fully saturated rings. The molecular weight excluding hydrogens is 128 g/mol. The van der Waals surface area contributed by atoms with Crippen LogP contribution in [0.25, 0.3) is 0 Å². The third kappa shape index (κ3) is 1.97. The molecule has 0 atom stereocenters. The van der Waals surface area contributed by atoms with Gasteiger partial charge in [0.15, 0.2) is 0 Å². The maximum absolute atomic E-state index is 4.02. The van der Waals surface area contributed by atoms with Crippen LogP contribution in [0.5, 0.6) is 0 Å². The first-order valence-corrected chi connectivity index (χ1v) is 3.31. The Balaban J connectivity index is 2.40. The standard InChI is InChI=1S/C6H10N4/c1-2-3-4-9-10-5-7-8-6-10/h4-6H,2-3H2,1H3/b9-4-. The molecule has 1 rings (SSSR count). The van der Waals surface area contributed by atoms with E-state index in [9.17, 15) is 0 Å². The van der Waals surface area contributed by atoms with Crippen LogP contribution in [0, 0.1) is 0 Å². The third-order valence-electron chi connectivity index (χ3n) is 1.04. The zero-order valence-electron chi connectivity index (χ0n) is 5.94. The van der Waals surface area contributed by atoms with Crippen molar-refractivity contribution < 1.29 is 0 Å². The van der Waals surface area contributed by atoms with Crippen LogP contribution in [-0.4, -0.2) is 21.1 Å². The zero-order chi connectivity index (χ0) is 7.23. The minimum absolute atomic E-state index is 0.998. The van der Waals surface area contributed by atoms with E-state index in [2.05, 4.69) is 22.2 Å². The highest BCUT2D eigenvalue weighted by Crippen LogP contribution is 1.83. The molecule has 0 amide bonds. The first-order valence-electron chi connectivity index (χ1n) is 3.31. The Morgan fingerprint density at radius 3 is 2.80 bits per heavy atom. The molecule has 0 aliphatic rings. The predicted molar refractivity (Wildman–Crippen MR) is 38.8 cm³/mol. The van der Waals surface area contributed by atoms with Crippen LogP contribution in [0.4, 0.5) is 0 Å². The van der Waals surface area contributed by atoms with Crippen molar-refractivity contribution in [2.24, 2.45) is 5.10 Å². The average molecular weight is 138 g/mol. The number of rotatable bonds is 3. The summed E-state index contributed by atoms with van der Waals surface area (Å²) in [4.78, 5) is 0. The summed E-state index contributed by atoms with van der Waals surface area (Å²) in [5.74, 6) is 0. The van der Waals surface area contributed by atoms with E-state index in [1.54, 1.807) is 17.3 Å². The van der Waals surface area contributed by atoms with E-state index in [1.165, 1.54) is 0 Å². The molecule has 4 nitrogen and oxygen atoms in total. The lowest BCUT2D eigenvalue weighted by atomic mass is 10.4. The number of aromatic nitrogens is 3. The second kappa shape index (κ2) is 3.76. The number of hydrogen-bond acceptors (Lipinski definition) is 3. The van der Waals surface area contributed by atoms with E-state index < -0.39 is 0 Å². The summed E-state index contributed by atoms with van der Waals surface area (Å²) in [6, 6.07) is 0. The molecule has 0 saturated heterocycles. The van der Waals surface area contributed by atoms with Crippen molar-refractivity contribution in [3.8, 4) is 0 Å². The lowest BCUT2D eigenvalue weighted by Gasteiger charge is -1.86. The van der Waals surface area contributed by atoms with Gasteiger partial charge in [0.05, 0.1) is 0 Å². The molecule has 0 saturated carbocycles. The van der Waals surface area contributed by atoms with Gasteiger partial charge in [0.2, 0.25) is 0 Å². The van der Waals surface area contributed by atoms with Crippen molar-refractivity contribution in [3.63, 3.8) is 0 Å². The SMILES string of the molecule is CCC/C=N\n1cnnc1. The molecule has 0 spiro atoms. The van der Waals surface area contributed by atoms with E-state index in [0.29, 0.717) is 0 Å². The van der Waals surface area contributed by atoms with E-state index >= 15 is 0 Å². The normalized spacial score (nSPS) is 10.9. The van der Waals surface area contributed by atoms with Gasteiger partial charge in [0, 0.05) is 6.21 Å². The maximum atomic E-state index is 4.02. The van der Waals surface area contributed by atoms with Crippen LogP contribution < -0.4 is 0 Å². The molecule has 0 bridgehead atoms. The molecule has 1 aromatic rings. The largest absolute Gasteiger partial charge is 0.208 e. The number of unbranched alkanes of at least 4 members (excludes halogenated alkanes) is 1. The topological polar surface area (TPSA) is 43.1 Å². The summed E-state index contributed by atoms with van der Waals surface area (Å²) in [5, 5.41) is 11.2. The van der Waals surface area contributed by atoms with Gasteiger partial charge in [-0.1, -0.05) is 13.3 Å². The number of hydrogen-bond donors (Lipinski definition) is 0. The van der Waals surface area contributed by atoms with Crippen LogP contribution in [0.3, 0.4) is 0 Å². The Labute approximate surface area is 59.6 Å². The quantitative estimate of drug-likeness (QED) is 0.583. The van der Waals surface area contributed by atoms with Gasteiger partial charge in [-0.05, 0) is 6.42 Å². The Kier molecular flexibility index (Phi) is 2.61. The maximum Gasteiger partial charge on any atom is 0.141 e. The summed E-state index contributed by atoms with van der Waals surface area (Å²) in [6.07, 6.45) is 7.09. The minimum atomic E-state index is 0.998. The Bertz CT molecular complexity index is 190. The molecule has 0 aromatic carbocycles. The summed E-state index contributed by atoms with van der Waals surface area (Å²) in [6.45, 7) is 2.11. The van der Waals surface area contributed by atoms with Gasteiger partial charge in [-0.2, -0.15) is 5.10 Å². The van der Waals surface area contributed by atoms with E-state index in [0.717, 1.165) is 12.8 Å². The minimum Gasteiger partial charge on any atom is -0.208 e. The lowest BCUT2D eigenvalue weighted by molar-refractivity contribution is 0.864. The summed E-state index contributed by atoms with van der Waals surface area (Å²) >= 11 is 0. The van der Waals surface area contributed by atoms with Gasteiger partial charge in [-0.25, -0.2) is 4.68 Å². The molecule has 0 N–H and O–H groups in total. The second-order valence-electron chi connectivity index (χ2n) is 1.93. The Hall–Kier alpha value is -1.19. The van der Waals surface area contributed by atoms with Crippen molar-refractivity contribution in [1.82, 2.24) is 14.9 Å². The van der Waals surface area contributed by atoms with Gasteiger partial charge >= 0.3 is 0 Å². The second-order valence-corrected chi connectivity index (χ2v) is 1.93. The molecule has 0 unspecified atom stereocenters. The zero-order valence-corrected chi connectivity index (χ0v) is 5.94. The first kappa shape index (κ1) is 6.92. The van der Waals surface area contributed by atoms with Crippen LogP contribution >= 0.6 is 0 Å². The summed E-state index contributed by atoms with van der Waals surface area (Å²) < 4.78 is 1.58. The van der Waals surface area contributed by atoms with Gasteiger partial charge in [0.25, 0.3) is 0 Å². The predicted octanol–water partition coefficient (Wildman–Crippen LogP) is 0.912. The van der Waals surface area contributed by atoms with E-state index in [1.807, 2.05) is 6.21 Å². The highest BCUT2D eigenvalue weighted by atomic mass is 15.4. The highest BCUT2D eigenvalue weighted by Gasteiger charge is 1.80. The van der Waals surface area contributed by atoms with Crippen molar-refractivity contribution in [3.05, 3.63) is 12.7 Å². The fraction of sp³-hybridized carbons (Fsp3) is 0.500. The molecule has 0 radical (unpaired) electrons. The molecule has 10 heavy (non-hydrogen) atoms. The molecule has 54 valence electrons. The van der Waals surface area contributed by atoms with Crippen LogP contribution in [0.15, 0.2) is 17.8 Å². The van der Waals surface area contributed by atoms with Gasteiger partial charge in [0.1, 0.15) is 12.7 Å². The number of nitrogens with zero attached hydrogens (tertiary/aromatic N) is 4. The van der Waals surface area contributed by atoms with Crippen LogP contribution in [-0.2, 0) is 0 Å². The van der Waals surface area contributed by atoms with Gasteiger partial charge in [-0.3, -0.25) is 0 Å². The van der Waals surface area contributed by atoms with Crippen LogP contribution in [0.2, 0.25) is 0 Å². The molecular formula is C6H10N4. The molecule has 0 aliphatic heterocycles. The molecule has 0 aliphatic carbocycles.